The summed E-state index contributed by atoms with van der Waals surface area (Å²) in [5, 5.41) is 0. The van der Waals surface area contributed by atoms with Gasteiger partial charge >= 0.3 is 0 Å². The van der Waals surface area contributed by atoms with E-state index in [2.05, 4.69) is 111 Å². The number of unbranched alkanes of at least 4 members (excludes halogenated alkanes) is 16. The van der Waals surface area contributed by atoms with Gasteiger partial charge in [-0.25, -0.2) is 0 Å². The van der Waals surface area contributed by atoms with Crippen molar-refractivity contribution in [1.29, 1.82) is 0 Å². The van der Waals surface area contributed by atoms with Crippen LogP contribution in [0, 0.1) is 0 Å². The van der Waals surface area contributed by atoms with Gasteiger partial charge in [0.25, 0.3) is 0 Å². The van der Waals surface area contributed by atoms with Crippen LogP contribution in [0.4, 0.5) is 0 Å². The molecule has 0 saturated heterocycles. The molecule has 0 heterocycles. The fourth-order valence-electron chi connectivity index (χ4n) is 2.83. The van der Waals surface area contributed by atoms with E-state index in [4.69, 9.17) is 0 Å². The Hall–Kier alpha value is 0. The largest absolute Gasteiger partial charge is 0.0654 e. The zero-order valence-electron chi connectivity index (χ0n) is 33.0. The van der Waals surface area contributed by atoms with Gasteiger partial charge in [0.05, 0.1) is 0 Å². The van der Waals surface area contributed by atoms with Crippen molar-refractivity contribution in [2.75, 3.05) is 0 Å². The standard InChI is InChI=1S/8C5H12/c8*1-3-5-4-2/h8*3-5H2,1-2H3. The molecule has 0 heteroatoms. The molecule has 0 N–H and O–H groups in total. The minimum atomic E-state index is 1.34. The van der Waals surface area contributed by atoms with E-state index in [-0.39, 0.29) is 0 Å². The second-order valence-electron chi connectivity index (χ2n) is 10.8. The fourth-order valence-corrected chi connectivity index (χ4v) is 2.83. The third kappa shape index (κ3) is 203. The van der Waals surface area contributed by atoms with E-state index in [0.717, 1.165) is 0 Å². The average molecular weight is 577 g/mol. The van der Waals surface area contributed by atoms with Crippen LogP contribution in [0.25, 0.3) is 0 Å². The predicted octanol–water partition coefficient (Wildman–Crippen LogP) is 17.6. The highest BCUT2D eigenvalue weighted by Gasteiger charge is 1.71. The lowest BCUT2D eigenvalue weighted by Gasteiger charge is -1.79. The van der Waals surface area contributed by atoms with Crippen molar-refractivity contribution in [3.8, 4) is 0 Å². The van der Waals surface area contributed by atoms with Crippen molar-refractivity contribution in [2.24, 2.45) is 0 Å². The molecule has 0 radical (unpaired) electrons. The molecular weight excluding hydrogens is 480 g/mol. The first-order chi connectivity index (χ1) is 19.3. The molecule has 0 nitrogen and oxygen atoms in total. The summed E-state index contributed by atoms with van der Waals surface area (Å²) in [7, 11) is 0. The van der Waals surface area contributed by atoms with Crippen LogP contribution in [0.15, 0.2) is 0 Å². The van der Waals surface area contributed by atoms with Crippen LogP contribution in [0.2, 0.25) is 0 Å². The van der Waals surface area contributed by atoms with E-state index in [1.54, 1.807) is 0 Å². The molecule has 0 aromatic rings. The van der Waals surface area contributed by atoms with Crippen molar-refractivity contribution in [3.05, 3.63) is 0 Å². The van der Waals surface area contributed by atoms with Crippen molar-refractivity contribution < 1.29 is 0 Å². The van der Waals surface area contributed by atoms with Crippen LogP contribution in [0.1, 0.15) is 265 Å². The lowest BCUT2D eigenvalue weighted by molar-refractivity contribution is 0.772. The molecule has 0 aliphatic heterocycles. The predicted molar refractivity (Wildman–Crippen MR) is 202 cm³/mol. The molecule has 0 saturated carbocycles. The van der Waals surface area contributed by atoms with Crippen LogP contribution in [0.5, 0.6) is 0 Å². The normalized spacial score (nSPS) is 8.40. The molecule has 0 rings (SSSR count). The Kier molecular flexibility index (Phi) is 145. The molecule has 0 bridgehead atoms. The third-order valence-corrected chi connectivity index (χ3v) is 5.66. The summed E-state index contributed by atoms with van der Waals surface area (Å²) < 4.78 is 0. The minimum absolute atomic E-state index is 1.34. The Labute approximate surface area is 264 Å². The molecule has 256 valence electrons. The van der Waals surface area contributed by atoms with Crippen molar-refractivity contribution >= 4 is 0 Å². The summed E-state index contributed by atoms with van der Waals surface area (Å²) >= 11 is 0. The molecule has 0 unspecified atom stereocenters. The Morgan fingerprint density at radius 3 is 0.175 bits per heavy atom. The van der Waals surface area contributed by atoms with E-state index >= 15 is 0 Å². The topological polar surface area (TPSA) is 0 Å². The Balaban J connectivity index is -0.0000000488. The quantitative estimate of drug-likeness (QED) is 0.171. The summed E-state index contributed by atoms with van der Waals surface area (Å²) in [6.45, 7) is 35.4. The molecule has 40 heavy (non-hydrogen) atoms. The number of hydrogen-bond acceptors (Lipinski definition) is 0. The minimum Gasteiger partial charge on any atom is -0.0654 e. The van der Waals surface area contributed by atoms with Gasteiger partial charge in [-0.15, -0.1) is 0 Å². The van der Waals surface area contributed by atoms with Gasteiger partial charge in [0.1, 0.15) is 0 Å². The summed E-state index contributed by atoms with van der Waals surface area (Å²) in [5.41, 5.74) is 0. The van der Waals surface area contributed by atoms with Crippen LogP contribution in [0.3, 0.4) is 0 Å². The van der Waals surface area contributed by atoms with Gasteiger partial charge in [-0.05, 0) is 0 Å². The summed E-state index contributed by atoms with van der Waals surface area (Å²) in [6, 6.07) is 0. The number of rotatable bonds is 16. The fraction of sp³-hybridized carbons (Fsp3) is 1.00. The first-order valence-electron chi connectivity index (χ1n) is 19.3. The second kappa shape index (κ2) is 97.8. The Morgan fingerprint density at radius 2 is 0.175 bits per heavy atom. The molecule has 0 amide bonds. The van der Waals surface area contributed by atoms with E-state index in [1.165, 1.54) is 154 Å². The SMILES string of the molecule is CCCCC.CCCCC.CCCCC.CCCCC.CCCCC.CCCCC.CCCCC.CCCCC. The Morgan fingerprint density at radius 1 is 0.125 bits per heavy atom. The molecule has 0 fully saturated rings. The van der Waals surface area contributed by atoms with Gasteiger partial charge in [0.2, 0.25) is 0 Å². The molecular formula is C40H96. The lowest BCUT2D eigenvalue weighted by Crippen LogP contribution is -1.59. The van der Waals surface area contributed by atoms with Gasteiger partial charge in [0.15, 0.2) is 0 Å². The van der Waals surface area contributed by atoms with E-state index in [1.807, 2.05) is 0 Å². The highest BCUT2D eigenvalue weighted by molar-refractivity contribution is 4.27. The maximum Gasteiger partial charge on any atom is -0.0538 e. The zero-order valence-corrected chi connectivity index (χ0v) is 33.0. The molecule has 0 aliphatic carbocycles. The van der Waals surface area contributed by atoms with Crippen molar-refractivity contribution in [2.45, 2.75) is 265 Å². The molecule has 0 atom stereocenters. The van der Waals surface area contributed by atoms with Crippen molar-refractivity contribution in [3.63, 3.8) is 0 Å². The van der Waals surface area contributed by atoms with Crippen LogP contribution >= 0.6 is 0 Å². The van der Waals surface area contributed by atoms with Gasteiger partial charge < -0.3 is 0 Å². The molecule has 0 aliphatic rings. The van der Waals surface area contributed by atoms with E-state index in [0.29, 0.717) is 0 Å². The van der Waals surface area contributed by atoms with Crippen molar-refractivity contribution in [1.82, 2.24) is 0 Å². The van der Waals surface area contributed by atoms with Crippen LogP contribution < -0.4 is 0 Å². The first kappa shape index (κ1) is 59.4. The highest BCUT2D eigenvalue weighted by Crippen LogP contribution is 1.91. The van der Waals surface area contributed by atoms with E-state index in [9.17, 15) is 0 Å². The van der Waals surface area contributed by atoms with Gasteiger partial charge in [-0.1, -0.05) is 265 Å². The molecule has 0 aromatic heterocycles. The second-order valence-corrected chi connectivity index (χ2v) is 10.8. The Bertz CT molecular complexity index is 132. The lowest BCUT2D eigenvalue weighted by atomic mass is 10.3. The number of hydrogen-bond donors (Lipinski definition) is 0. The monoisotopic (exact) mass is 577 g/mol. The van der Waals surface area contributed by atoms with E-state index < -0.39 is 0 Å². The summed E-state index contributed by atoms with van der Waals surface area (Å²) in [4.78, 5) is 0. The first-order valence-corrected chi connectivity index (χ1v) is 19.3. The zero-order chi connectivity index (χ0) is 33.0. The maximum atomic E-state index is 2.21. The maximum absolute atomic E-state index is 2.21. The summed E-state index contributed by atoms with van der Waals surface area (Å²) in [6.07, 6.45) is 32.6. The van der Waals surface area contributed by atoms with Crippen LogP contribution in [-0.4, -0.2) is 0 Å². The smallest absolute Gasteiger partial charge is 0.0538 e. The van der Waals surface area contributed by atoms with Crippen LogP contribution in [-0.2, 0) is 0 Å². The third-order valence-electron chi connectivity index (χ3n) is 5.66. The molecule has 0 aromatic carbocycles. The van der Waals surface area contributed by atoms with Gasteiger partial charge in [-0.3, -0.25) is 0 Å². The summed E-state index contributed by atoms with van der Waals surface area (Å²) in [5.74, 6) is 0. The van der Waals surface area contributed by atoms with Gasteiger partial charge in [-0.2, -0.15) is 0 Å². The highest BCUT2D eigenvalue weighted by atomic mass is 13.8. The average Bonchev–Trinajstić information content (AvgIpc) is 2.95. The van der Waals surface area contributed by atoms with Gasteiger partial charge in [0, 0.05) is 0 Å². The molecule has 0 spiro atoms.